The van der Waals surface area contributed by atoms with Crippen molar-refractivity contribution >= 4 is 17.6 Å². The van der Waals surface area contributed by atoms with Gasteiger partial charge in [0.05, 0.1) is 12.7 Å². The lowest BCUT2D eigenvalue weighted by molar-refractivity contribution is -0.137. The van der Waals surface area contributed by atoms with Crippen LogP contribution in [0.4, 0.5) is 0 Å². The van der Waals surface area contributed by atoms with Crippen LogP contribution >= 0.6 is 11.6 Å². The van der Waals surface area contributed by atoms with E-state index < -0.39 is 12.1 Å². The molecule has 4 atom stereocenters. The molecule has 1 aromatic rings. The van der Waals surface area contributed by atoms with Crippen LogP contribution in [0.5, 0.6) is 0 Å². The number of hydrogen-bond acceptors (Lipinski definition) is 3. The normalized spacial score (nSPS) is 26.0. The Kier molecular flexibility index (Phi) is 7.90. The average molecular weight is 395 g/mol. The first-order valence-electron chi connectivity index (χ1n) is 9.66. The van der Waals surface area contributed by atoms with Gasteiger partial charge in [-0.15, -0.1) is 11.6 Å². The van der Waals surface area contributed by atoms with Crippen molar-refractivity contribution in [3.63, 3.8) is 0 Å². The van der Waals surface area contributed by atoms with Crippen molar-refractivity contribution in [1.29, 1.82) is 0 Å². The van der Waals surface area contributed by atoms with Gasteiger partial charge in [-0.25, -0.2) is 0 Å². The molecule has 150 valence electrons. The largest absolute Gasteiger partial charge is 0.481 e. The van der Waals surface area contributed by atoms with Crippen molar-refractivity contribution in [2.45, 2.75) is 68.8 Å². The summed E-state index contributed by atoms with van der Waals surface area (Å²) < 4.78 is 0. The van der Waals surface area contributed by atoms with E-state index in [0.717, 1.165) is 24.0 Å². The maximum Gasteiger partial charge on any atom is 0.303 e. The second-order valence-electron chi connectivity index (χ2n) is 8.17. The molecule has 3 N–H and O–H groups in total. The van der Waals surface area contributed by atoms with Gasteiger partial charge in [-0.1, -0.05) is 50.3 Å². The summed E-state index contributed by atoms with van der Waals surface area (Å²) in [7, 11) is 0. The number of unbranched alkanes of at least 4 members (excludes halogenated alkanes) is 1. The van der Waals surface area contributed by atoms with Crippen molar-refractivity contribution < 1.29 is 20.1 Å². The summed E-state index contributed by atoms with van der Waals surface area (Å²) in [6.45, 7) is 4.08. The van der Waals surface area contributed by atoms with Gasteiger partial charge in [0.25, 0.3) is 0 Å². The molecule has 1 saturated carbocycles. The van der Waals surface area contributed by atoms with Crippen LogP contribution in [-0.2, 0) is 10.2 Å². The van der Waals surface area contributed by atoms with Gasteiger partial charge in [0.15, 0.2) is 0 Å². The molecule has 0 aliphatic heterocycles. The van der Waals surface area contributed by atoms with Crippen LogP contribution in [0.25, 0.3) is 0 Å². The monoisotopic (exact) mass is 394 g/mol. The lowest BCUT2D eigenvalue weighted by Crippen LogP contribution is -2.22. The van der Waals surface area contributed by atoms with E-state index in [2.05, 4.69) is 6.08 Å². The number of aliphatic hydroxyl groups is 2. The number of aliphatic carboxylic acids is 1. The molecule has 0 saturated heterocycles. The first kappa shape index (κ1) is 21.9. The minimum Gasteiger partial charge on any atom is -0.481 e. The fourth-order valence-electron chi connectivity index (χ4n) is 3.82. The van der Waals surface area contributed by atoms with Gasteiger partial charge in [0, 0.05) is 23.1 Å². The molecule has 5 heteroatoms. The molecule has 0 spiro atoms. The van der Waals surface area contributed by atoms with E-state index in [1.807, 2.05) is 44.2 Å². The second-order valence-corrected chi connectivity index (χ2v) is 8.73. The third-order valence-corrected chi connectivity index (χ3v) is 6.12. The van der Waals surface area contributed by atoms with Gasteiger partial charge in [0.2, 0.25) is 0 Å². The lowest BCUT2D eigenvalue weighted by Gasteiger charge is -2.26. The maximum absolute atomic E-state index is 10.5. The Labute approximate surface area is 166 Å². The number of carboxylic acid groups (broad SMARTS) is 1. The summed E-state index contributed by atoms with van der Waals surface area (Å²) >= 11 is 6.52. The molecule has 0 amide bonds. The van der Waals surface area contributed by atoms with E-state index >= 15 is 0 Å². The molecule has 0 heterocycles. The molecular formula is C22H31ClO4. The molecule has 0 radical (unpaired) electrons. The number of allylic oxidation sites excluding steroid dienone is 2. The number of hydrogen-bond donors (Lipinski definition) is 3. The van der Waals surface area contributed by atoms with E-state index in [9.17, 15) is 15.0 Å². The van der Waals surface area contributed by atoms with Gasteiger partial charge >= 0.3 is 5.97 Å². The number of alkyl halides is 1. The zero-order chi connectivity index (χ0) is 20.0. The van der Waals surface area contributed by atoms with Crippen LogP contribution in [0, 0.1) is 5.92 Å². The van der Waals surface area contributed by atoms with Crippen LogP contribution in [0.1, 0.15) is 63.0 Å². The van der Waals surface area contributed by atoms with E-state index in [1.165, 1.54) is 0 Å². The van der Waals surface area contributed by atoms with Gasteiger partial charge in [-0.2, -0.15) is 0 Å². The summed E-state index contributed by atoms with van der Waals surface area (Å²) in [5, 5.41) is 28.7. The molecule has 1 aliphatic rings. The van der Waals surface area contributed by atoms with E-state index in [4.69, 9.17) is 16.7 Å². The summed E-state index contributed by atoms with van der Waals surface area (Å²) in [6, 6.07) is 8.13. The highest BCUT2D eigenvalue weighted by atomic mass is 35.5. The van der Waals surface area contributed by atoms with Crippen molar-refractivity contribution in [1.82, 2.24) is 0 Å². The lowest BCUT2D eigenvalue weighted by atomic mass is 9.81. The van der Waals surface area contributed by atoms with Gasteiger partial charge in [0.1, 0.15) is 0 Å². The summed E-state index contributed by atoms with van der Waals surface area (Å²) in [5.74, 6) is -0.632. The van der Waals surface area contributed by atoms with E-state index in [-0.39, 0.29) is 35.7 Å². The quantitative estimate of drug-likeness (QED) is 0.332. The predicted molar refractivity (Wildman–Crippen MR) is 108 cm³/mol. The highest BCUT2D eigenvalue weighted by Gasteiger charge is 2.41. The maximum atomic E-state index is 10.5. The molecule has 1 aliphatic carbocycles. The number of halogens is 1. The first-order chi connectivity index (χ1) is 12.8. The smallest absolute Gasteiger partial charge is 0.303 e. The van der Waals surface area contributed by atoms with Crippen LogP contribution in [0.2, 0.25) is 0 Å². The SMILES string of the molecule is CC(C)(CO)c1ccc([C@@H]2[C@@H](C/C=C\CCCC(=O)O)[C@H](Cl)C[C@H]2O)cc1. The van der Waals surface area contributed by atoms with Crippen molar-refractivity contribution in [2.24, 2.45) is 5.92 Å². The standard InChI is InChI=1S/C22H31ClO4/c1-22(2,14-24)16-11-9-15(10-12-16)21-17(18(23)13-19(21)25)7-5-3-4-6-8-20(26)27/h3,5,9-12,17-19,21,24-25H,4,6-8,13-14H2,1-2H3,(H,26,27)/b5-3-/t17-,18+,19+,21+/m0/s1. The topological polar surface area (TPSA) is 77.8 Å². The number of carbonyl (C=O) groups is 1. The molecule has 1 fully saturated rings. The third kappa shape index (κ3) is 5.81. The fourth-order valence-corrected chi connectivity index (χ4v) is 4.26. The molecule has 0 bridgehead atoms. The number of aliphatic hydroxyl groups excluding tert-OH is 2. The second kappa shape index (κ2) is 9.72. The zero-order valence-electron chi connectivity index (χ0n) is 16.1. The van der Waals surface area contributed by atoms with Crippen molar-refractivity contribution in [2.75, 3.05) is 6.61 Å². The Bertz CT molecular complexity index is 638. The highest BCUT2D eigenvalue weighted by Crippen LogP contribution is 2.45. The molecule has 27 heavy (non-hydrogen) atoms. The van der Waals surface area contributed by atoms with Crippen LogP contribution < -0.4 is 0 Å². The minimum absolute atomic E-state index is 0.0116. The number of carboxylic acids is 1. The Morgan fingerprint density at radius 2 is 1.93 bits per heavy atom. The molecule has 0 aromatic heterocycles. The summed E-state index contributed by atoms with van der Waals surface area (Å²) in [6.07, 6.45) is 6.52. The van der Waals surface area contributed by atoms with Crippen molar-refractivity contribution in [3.8, 4) is 0 Å². The third-order valence-electron chi connectivity index (χ3n) is 5.62. The van der Waals surface area contributed by atoms with E-state index in [1.54, 1.807) is 0 Å². The Balaban J connectivity index is 2.04. The first-order valence-corrected chi connectivity index (χ1v) is 10.1. The van der Waals surface area contributed by atoms with Crippen LogP contribution in [-0.4, -0.2) is 39.4 Å². The molecule has 0 unspecified atom stereocenters. The number of benzene rings is 1. The van der Waals surface area contributed by atoms with Crippen LogP contribution in [0.15, 0.2) is 36.4 Å². The fraction of sp³-hybridized carbons (Fsp3) is 0.591. The number of rotatable bonds is 9. The van der Waals surface area contributed by atoms with Gasteiger partial charge in [-0.05, 0) is 42.7 Å². The molecule has 2 rings (SSSR count). The zero-order valence-corrected chi connectivity index (χ0v) is 16.9. The predicted octanol–water partition coefficient (Wildman–Crippen LogP) is 4.23. The highest BCUT2D eigenvalue weighted by molar-refractivity contribution is 6.21. The summed E-state index contributed by atoms with van der Waals surface area (Å²) in [5.41, 5.74) is 1.85. The Hall–Kier alpha value is -1.36. The van der Waals surface area contributed by atoms with Crippen molar-refractivity contribution in [3.05, 3.63) is 47.5 Å². The van der Waals surface area contributed by atoms with E-state index in [0.29, 0.717) is 12.8 Å². The summed E-state index contributed by atoms with van der Waals surface area (Å²) in [4.78, 5) is 10.5. The molecule has 1 aromatic carbocycles. The average Bonchev–Trinajstić information content (AvgIpc) is 2.91. The Morgan fingerprint density at radius 3 is 2.52 bits per heavy atom. The van der Waals surface area contributed by atoms with Crippen LogP contribution in [0.3, 0.4) is 0 Å². The Morgan fingerprint density at radius 1 is 1.26 bits per heavy atom. The van der Waals surface area contributed by atoms with Gasteiger partial charge < -0.3 is 15.3 Å². The minimum atomic E-state index is -0.768. The molecular weight excluding hydrogens is 364 g/mol. The van der Waals surface area contributed by atoms with Gasteiger partial charge in [-0.3, -0.25) is 4.79 Å². The molecule has 4 nitrogen and oxygen atoms in total.